The van der Waals surface area contributed by atoms with E-state index in [-0.39, 0.29) is 0 Å². The standard InChI is InChI=1S/C18H24ClN5/c19-17-4-3-5-18(23-8-1-2-9-23)16(17)12-22-10-6-15(7-11-22)24-14-20-13-21-24/h3-5,13-15H,1-2,6-12H2. The fraction of sp³-hybridized carbons (Fsp3) is 0.556. The third kappa shape index (κ3) is 3.28. The van der Waals surface area contributed by atoms with Gasteiger partial charge in [0.2, 0.25) is 0 Å². The lowest BCUT2D eigenvalue weighted by Gasteiger charge is -2.33. The molecular formula is C18H24ClN5. The van der Waals surface area contributed by atoms with E-state index in [4.69, 9.17) is 11.6 Å². The molecule has 1 aromatic carbocycles. The maximum Gasteiger partial charge on any atom is 0.137 e. The minimum atomic E-state index is 0.480. The number of hydrogen-bond donors (Lipinski definition) is 0. The van der Waals surface area contributed by atoms with E-state index in [0.717, 1.165) is 50.6 Å². The molecule has 128 valence electrons. The molecule has 0 spiro atoms. The second kappa shape index (κ2) is 7.11. The Morgan fingerprint density at radius 3 is 2.58 bits per heavy atom. The molecule has 0 saturated carbocycles. The summed E-state index contributed by atoms with van der Waals surface area (Å²) < 4.78 is 2.00. The molecule has 2 fully saturated rings. The lowest BCUT2D eigenvalue weighted by molar-refractivity contribution is 0.173. The molecule has 1 aromatic heterocycles. The van der Waals surface area contributed by atoms with Crippen molar-refractivity contribution in [3.05, 3.63) is 41.4 Å². The van der Waals surface area contributed by atoms with E-state index in [2.05, 4.69) is 32.0 Å². The van der Waals surface area contributed by atoms with Crippen LogP contribution in [0.4, 0.5) is 5.69 Å². The topological polar surface area (TPSA) is 37.2 Å². The maximum atomic E-state index is 6.56. The van der Waals surface area contributed by atoms with Crippen LogP contribution in [-0.2, 0) is 6.54 Å². The Morgan fingerprint density at radius 2 is 1.88 bits per heavy atom. The number of anilines is 1. The zero-order valence-electron chi connectivity index (χ0n) is 13.9. The third-order valence-corrected chi connectivity index (χ3v) is 5.64. The molecule has 0 radical (unpaired) electrons. The molecule has 4 rings (SSSR count). The molecule has 2 saturated heterocycles. The quantitative estimate of drug-likeness (QED) is 0.851. The first kappa shape index (κ1) is 15.9. The van der Waals surface area contributed by atoms with Gasteiger partial charge in [-0.1, -0.05) is 17.7 Å². The summed E-state index contributed by atoms with van der Waals surface area (Å²) in [5.74, 6) is 0. The second-order valence-corrected chi connectivity index (χ2v) is 7.22. The molecule has 2 aromatic rings. The van der Waals surface area contributed by atoms with Crippen LogP contribution in [0.15, 0.2) is 30.9 Å². The SMILES string of the molecule is Clc1cccc(N2CCCC2)c1CN1CCC(n2cncn2)CC1. The van der Waals surface area contributed by atoms with E-state index in [0.29, 0.717) is 6.04 Å². The first-order chi connectivity index (χ1) is 11.8. The molecule has 24 heavy (non-hydrogen) atoms. The van der Waals surface area contributed by atoms with Gasteiger partial charge in [0.05, 0.1) is 6.04 Å². The zero-order valence-corrected chi connectivity index (χ0v) is 14.7. The van der Waals surface area contributed by atoms with Gasteiger partial charge < -0.3 is 4.90 Å². The Labute approximate surface area is 148 Å². The highest BCUT2D eigenvalue weighted by Gasteiger charge is 2.24. The number of hydrogen-bond acceptors (Lipinski definition) is 4. The van der Waals surface area contributed by atoms with Crippen LogP contribution in [0.2, 0.25) is 5.02 Å². The number of aromatic nitrogens is 3. The van der Waals surface area contributed by atoms with Gasteiger partial charge in [-0.3, -0.25) is 4.90 Å². The van der Waals surface area contributed by atoms with Gasteiger partial charge in [0.15, 0.2) is 0 Å². The van der Waals surface area contributed by atoms with Gasteiger partial charge in [-0.25, -0.2) is 9.67 Å². The van der Waals surface area contributed by atoms with Crippen molar-refractivity contribution in [3.8, 4) is 0 Å². The van der Waals surface area contributed by atoms with Crippen LogP contribution < -0.4 is 4.90 Å². The van der Waals surface area contributed by atoms with E-state index < -0.39 is 0 Å². The monoisotopic (exact) mass is 345 g/mol. The number of likely N-dealkylation sites (tertiary alicyclic amines) is 1. The molecule has 2 aliphatic rings. The van der Waals surface area contributed by atoms with Gasteiger partial charge in [0.25, 0.3) is 0 Å². The lowest BCUT2D eigenvalue weighted by Crippen LogP contribution is -2.35. The summed E-state index contributed by atoms with van der Waals surface area (Å²) >= 11 is 6.56. The summed E-state index contributed by atoms with van der Waals surface area (Å²) in [5.41, 5.74) is 2.62. The molecule has 3 heterocycles. The van der Waals surface area contributed by atoms with Crippen LogP contribution in [-0.4, -0.2) is 45.8 Å². The summed E-state index contributed by atoms with van der Waals surface area (Å²) in [6.07, 6.45) is 8.27. The molecule has 0 atom stereocenters. The van der Waals surface area contributed by atoms with E-state index >= 15 is 0 Å². The largest absolute Gasteiger partial charge is 0.371 e. The number of nitrogens with zero attached hydrogens (tertiary/aromatic N) is 5. The summed E-state index contributed by atoms with van der Waals surface area (Å²) in [5, 5.41) is 5.19. The fourth-order valence-corrected chi connectivity index (χ4v) is 4.16. The maximum absolute atomic E-state index is 6.56. The highest BCUT2D eigenvalue weighted by molar-refractivity contribution is 6.31. The minimum absolute atomic E-state index is 0.480. The van der Waals surface area contributed by atoms with Gasteiger partial charge in [-0.15, -0.1) is 0 Å². The van der Waals surface area contributed by atoms with Crippen molar-refractivity contribution in [1.82, 2.24) is 19.7 Å². The van der Waals surface area contributed by atoms with Crippen molar-refractivity contribution < 1.29 is 0 Å². The predicted octanol–water partition coefficient (Wildman–Crippen LogP) is 3.37. The number of piperidine rings is 1. The normalized spacial score (nSPS) is 20.0. The number of halogens is 1. The predicted molar refractivity (Wildman–Crippen MR) is 96.5 cm³/mol. The highest BCUT2D eigenvalue weighted by Crippen LogP contribution is 2.32. The Balaban J connectivity index is 1.44. The van der Waals surface area contributed by atoms with Crippen LogP contribution in [0.5, 0.6) is 0 Å². The average molecular weight is 346 g/mol. The molecule has 0 amide bonds. The Bertz CT molecular complexity index is 658. The smallest absolute Gasteiger partial charge is 0.137 e. The van der Waals surface area contributed by atoms with Gasteiger partial charge in [-0.05, 0) is 37.8 Å². The van der Waals surface area contributed by atoms with Crippen molar-refractivity contribution in [1.29, 1.82) is 0 Å². The Morgan fingerprint density at radius 1 is 1.08 bits per heavy atom. The van der Waals surface area contributed by atoms with E-state index in [1.54, 1.807) is 6.33 Å². The van der Waals surface area contributed by atoms with E-state index in [1.807, 2.05) is 17.1 Å². The van der Waals surface area contributed by atoms with Gasteiger partial charge in [-0.2, -0.15) is 5.10 Å². The van der Waals surface area contributed by atoms with Crippen LogP contribution in [0.25, 0.3) is 0 Å². The summed E-state index contributed by atoms with van der Waals surface area (Å²) in [6, 6.07) is 6.82. The minimum Gasteiger partial charge on any atom is -0.371 e. The van der Waals surface area contributed by atoms with Crippen molar-refractivity contribution in [2.75, 3.05) is 31.1 Å². The number of rotatable bonds is 4. The molecule has 5 nitrogen and oxygen atoms in total. The molecular weight excluding hydrogens is 322 g/mol. The van der Waals surface area contributed by atoms with Gasteiger partial charge in [0, 0.05) is 49.0 Å². The van der Waals surface area contributed by atoms with Crippen molar-refractivity contribution in [2.24, 2.45) is 0 Å². The summed E-state index contributed by atoms with van der Waals surface area (Å²) in [6.45, 7) is 5.41. The summed E-state index contributed by atoms with van der Waals surface area (Å²) in [4.78, 5) is 9.08. The van der Waals surface area contributed by atoms with Crippen LogP contribution >= 0.6 is 11.6 Å². The molecule has 0 unspecified atom stereocenters. The van der Waals surface area contributed by atoms with Crippen LogP contribution in [0.3, 0.4) is 0 Å². The van der Waals surface area contributed by atoms with Crippen LogP contribution in [0.1, 0.15) is 37.3 Å². The third-order valence-electron chi connectivity index (χ3n) is 5.29. The molecule has 2 aliphatic heterocycles. The highest BCUT2D eigenvalue weighted by atomic mass is 35.5. The average Bonchev–Trinajstić information content (AvgIpc) is 3.31. The molecule has 0 bridgehead atoms. The van der Waals surface area contributed by atoms with E-state index in [1.165, 1.54) is 24.1 Å². The first-order valence-corrected chi connectivity index (χ1v) is 9.28. The Hall–Kier alpha value is -1.59. The zero-order chi connectivity index (χ0) is 16.4. The van der Waals surface area contributed by atoms with Crippen molar-refractivity contribution >= 4 is 17.3 Å². The first-order valence-electron chi connectivity index (χ1n) is 8.90. The van der Waals surface area contributed by atoms with Gasteiger partial charge >= 0.3 is 0 Å². The fourth-order valence-electron chi connectivity index (χ4n) is 3.93. The van der Waals surface area contributed by atoms with E-state index in [9.17, 15) is 0 Å². The lowest BCUT2D eigenvalue weighted by atomic mass is 10.0. The Kier molecular flexibility index (Phi) is 4.72. The molecule has 0 N–H and O–H groups in total. The number of benzene rings is 1. The van der Waals surface area contributed by atoms with Crippen LogP contribution in [0, 0.1) is 0 Å². The molecule has 0 aliphatic carbocycles. The van der Waals surface area contributed by atoms with Crippen molar-refractivity contribution in [3.63, 3.8) is 0 Å². The van der Waals surface area contributed by atoms with Gasteiger partial charge in [0.1, 0.15) is 12.7 Å². The summed E-state index contributed by atoms with van der Waals surface area (Å²) in [7, 11) is 0. The van der Waals surface area contributed by atoms with Crippen molar-refractivity contribution in [2.45, 2.75) is 38.3 Å². The molecule has 6 heteroatoms. The second-order valence-electron chi connectivity index (χ2n) is 6.81.